The molecule has 140 valence electrons. The molecule has 2 aromatic carbocycles. The number of phenols is 1. The van der Waals surface area contributed by atoms with Gasteiger partial charge in [-0.05, 0) is 101 Å². The van der Waals surface area contributed by atoms with E-state index in [9.17, 15) is 9.90 Å². The lowest BCUT2D eigenvalue weighted by molar-refractivity contribution is -0.122. The Morgan fingerprint density at radius 3 is 2.59 bits per heavy atom. The number of aromatic hydroxyl groups is 1. The Morgan fingerprint density at radius 1 is 1.22 bits per heavy atom. The van der Waals surface area contributed by atoms with Gasteiger partial charge in [0.1, 0.15) is 5.75 Å². The summed E-state index contributed by atoms with van der Waals surface area (Å²) in [6.07, 6.45) is 2.60. The standard InChI is InChI=1S/C20H18I2N2O2S/c1-3-8-24-19(26)17(10-13-9-14(21)11-16(22)18(13)25)27-20(24)23-15-6-4-12(2)5-7-15/h4-7,9-11,25H,3,8H2,1-2H3/b17-10+,23-20?. The van der Waals surface area contributed by atoms with Gasteiger partial charge in [0.05, 0.1) is 14.2 Å². The van der Waals surface area contributed by atoms with Crippen molar-refractivity contribution in [3.8, 4) is 5.75 Å². The van der Waals surface area contributed by atoms with Crippen LogP contribution in [0.5, 0.6) is 5.75 Å². The summed E-state index contributed by atoms with van der Waals surface area (Å²) < 4.78 is 1.77. The highest BCUT2D eigenvalue weighted by molar-refractivity contribution is 14.1. The molecule has 0 unspecified atom stereocenters. The van der Waals surface area contributed by atoms with E-state index in [-0.39, 0.29) is 11.7 Å². The molecule has 1 aliphatic rings. The van der Waals surface area contributed by atoms with E-state index in [1.807, 2.05) is 50.2 Å². The van der Waals surface area contributed by atoms with Gasteiger partial charge in [0.2, 0.25) is 0 Å². The number of halogens is 2. The molecule has 3 rings (SSSR count). The molecule has 0 aliphatic carbocycles. The Kier molecular flexibility index (Phi) is 6.85. The minimum atomic E-state index is -0.0685. The van der Waals surface area contributed by atoms with E-state index in [0.717, 1.165) is 19.2 Å². The minimum absolute atomic E-state index is 0.0685. The Morgan fingerprint density at radius 2 is 1.93 bits per heavy atom. The molecule has 4 nitrogen and oxygen atoms in total. The van der Waals surface area contributed by atoms with E-state index in [2.05, 4.69) is 50.2 Å². The molecule has 1 fully saturated rings. The van der Waals surface area contributed by atoms with Gasteiger partial charge in [-0.2, -0.15) is 0 Å². The van der Waals surface area contributed by atoms with Crippen LogP contribution in [0.25, 0.3) is 6.08 Å². The first-order valence-electron chi connectivity index (χ1n) is 8.44. The molecule has 27 heavy (non-hydrogen) atoms. The van der Waals surface area contributed by atoms with Crippen molar-refractivity contribution in [2.45, 2.75) is 20.3 Å². The van der Waals surface area contributed by atoms with E-state index < -0.39 is 0 Å². The molecular formula is C20H18I2N2O2S. The molecule has 0 radical (unpaired) electrons. The van der Waals surface area contributed by atoms with Gasteiger partial charge in [-0.3, -0.25) is 9.69 Å². The fourth-order valence-electron chi connectivity index (χ4n) is 2.58. The number of benzene rings is 2. The maximum Gasteiger partial charge on any atom is 0.266 e. The van der Waals surface area contributed by atoms with Crippen LogP contribution in [0, 0.1) is 14.1 Å². The summed E-state index contributed by atoms with van der Waals surface area (Å²) in [6, 6.07) is 11.7. The number of amides is 1. The van der Waals surface area contributed by atoms with Gasteiger partial charge in [0.25, 0.3) is 5.91 Å². The summed E-state index contributed by atoms with van der Waals surface area (Å²) in [5.41, 5.74) is 2.64. The van der Waals surface area contributed by atoms with Crippen molar-refractivity contribution < 1.29 is 9.90 Å². The van der Waals surface area contributed by atoms with Crippen LogP contribution < -0.4 is 0 Å². The minimum Gasteiger partial charge on any atom is -0.506 e. The lowest BCUT2D eigenvalue weighted by Crippen LogP contribution is -2.29. The lowest BCUT2D eigenvalue weighted by Gasteiger charge is -2.14. The van der Waals surface area contributed by atoms with Gasteiger partial charge in [-0.1, -0.05) is 24.6 Å². The second-order valence-corrected chi connectivity index (χ2v) is 9.54. The smallest absolute Gasteiger partial charge is 0.266 e. The number of hydrogen-bond donors (Lipinski definition) is 1. The largest absolute Gasteiger partial charge is 0.506 e. The number of thioether (sulfide) groups is 1. The first-order valence-corrected chi connectivity index (χ1v) is 11.4. The average molecular weight is 604 g/mol. The van der Waals surface area contributed by atoms with E-state index in [1.54, 1.807) is 11.0 Å². The molecule has 1 aliphatic heterocycles. The molecule has 0 atom stereocenters. The number of carbonyl (C=O) groups excluding carboxylic acids is 1. The highest BCUT2D eigenvalue weighted by Crippen LogP contribution is 2.37. The van der Waals surface area contributed by atoms with E-state index in [4.69, 9.17) is 0 Å². The number of nitrogens with zero attached hydrogens (tertiary/aromatic N) is 2. The van der Waals surface area contributed by atoms with Crippen LogP contribution in [0.1, 0.15) is 24.5 Å². The zero-order valence-corrected chi connectivity index (χ0v) is 20.0. The van der Waals surface area contributed by atoms with Crippen molar-refractivity contribution in [3.63, 3.8) is 0 Å². The molecular weight excluding hydrogens is 586 g/mol. The number of hydrogen-bond acceptors (Lipinski definition) is 4. The number of aryl methyl sites for hydroxylation is 1. The van der Waals surface area contributed by atoms with Crippen molar-refractivity contribution in [2.24, 2.45) is 4.99 Å². The Bertz CT molecular complexity index is 940. The number of phenolic OH excluding ortho intramolecular Hbond substituents is 1. The summed E-state index contributed by atoms with van der Waals surface area (Å²) in [5.74, 6) is 0.129. The number of aliphatic imine (C=N–C) groups is 1. The number of carbonyl (C=O) groups is 1. The topological polar surface area (TPSA) is 52.9 Å². The van der Waals surface area contributed by atoms with Crippen LogP contribution in [0.2, 0.25) is 0 Å². The lowest BCUT2D eigenvalue weighted by atomic mass is 10.2. The fraction of sp³-hybridized carbons (Fsp3) is 0.200. The predicted octanol–water partition coefficient (Wildman–Crippen LogP) is 5.92. The Hall–Kier alpha value is -1.07. The van der Waals surface area contributed by atoms with Gasteiger partial charge in [0.15, 0.2) is 5.17 Å². The van der Waals surface area contributed by atoms with Crippen molar-refractivity contribution in [2.75, 3.05) is 6.54 Å². The predicted molar refractivity (Wildman–Crippen MR) is 129 cm³/mol. The molecule has 1 heterocycles. The van der Waals surface area contributed by atoms with Crippen molar-refractivity contribution in [1.82, 2.24) is 4.90 Å². The molecule has 1 amide bonds. The monoisotopic (exact) mass is 604 g/mol. The number of rotatable bonds is 4. The highest BCUT2D eigenvalue weighted by atomic mass is 127. The van der Waals surface area contributed by atoms with Gasteiger partial charge in [-0.15, -0.1) is 0 Å². The van der Waals surface area contributed by atoms with Crippen molar-refractivity contribution in [1.29, 1.82) is 0 Å². The second kappa shape index (κ2) is 8.95. The van der Waals surface area contributed by atoms with Crippen molar-refractivity contribution >= 4 is 79.8 Å². The van der Waals surface area contributed by atoms with Crippen LogP contribution in [0.15, 0.2) is 46.3 Å². The molecule has 0 bridgehead atoms. The van der Waals surface area contributed by atoms with Gasteiger partial charge in [0, 0.05) is 15.7 Å². The van der Waals surface area contributed by atoms with Gasteiger partial charge in [-0.25, -0.2) is 4.99 Å². The summed E-state index contributed by atoms with van der Waals surface area (Å²) in [4.78, 5) is 19.9. The molecule has 1 saturated heterocycles. The van der Waals surface area contributed by atoms with E-state index >= 15 is 0 Å². The SMILES string of the molecule is CCCN1C(=O)/C(=C\c2cc(I)cc(I)c2O)SC1=Nc1ccc(C)cc1. The van der Waals surface area contributed by atoms with E-state index in [0.29, 0.717) is 22.2 Å². The maximum absolute atomic E-state index is 12.9. The summed E-state index contributed by atoms with van der Waals surface area (Å²) in [6.45, 7) is 4.69. The average Bonchev–Trinajstić information content (AvgIpc) is 2.90. The molecule has 0 aromatic heterocycles. The number of amidine groups is 1. The Balaban J connectivity index is 1.99. The quantitative estimate of drug-likeness (QED) is 0.348. The second-order valence-electron chi connectivity index (χ2n) is 6.12. The normalized spacial score (nSPS) is 17.3. The molecule has 0 spiro atoms. The molecule has 2 aromatic rings. The first kappa shape index (κ1) is 20.7. The highest BCUT2D eigenvalue weighted by Gasteiger charge is 2.33. The first-order chi connectivity index (χ1) is 12.9. The van der Waals surface area contributed by atoms with Crippen LogP contribution in [-0.4, -0.2) is 27.6 Å². The van der Waals surface area contributed by atoms with Crippen LogP contribution in [0.4, 0.5) is 5.69 Å². The maximum atomic E-state index is 12.9. The van der Waals surface area contributed by atoms with Crippen LogP contribution in [-0.2, 0) is 4.79 Å². The van der Waals surface area contributed by atoms with Gasteiger partial charge >= 0.3 is 0 Å². The third-order valence-corrected chi connectivity index (χ3v) is 6.39. The zero-order chi connectivity index (χ0) is 19.6. The van der Waals surface area contributed by atoms with Crippen LogP contribution in [0.3, 0.4) is 0 Å². The molecule has 7 heteroatoms. The molecule has 1 N–H and O–H groups in total. The summed E-state index contributed by atoms with van der Waals surface area (Å²) in [7, 11) is 0. The van der Waals surface area contributed by atoms with Gasteiger partial charge < -0.3 is 5.11 Å². The van der Waals surface area contributed by atoms with Crippen molar-refractivity contribution in [3.05, 3.63) is 59.6 Å². The van der Waals surface area contributed by atoms with Crippen LogP contribution >= 0.6 is 56.9 Å². The third kappa shape index (κ3) is 4.86. The Labute approximate surface area is 190 Å². The zero-order valence-electron chi connectivity index (χ0n) is 14.9. The molecule has 0 saturated carbocycles. The van der Waals surface area contributed by atoms with E-state index in [1.165, 1.54) is 17.3 Å². The third-order valence-electron chi connectivity index (χ3n) is 3.94. The summed E-state index contributed by atoms with van der Waals surface area (Å²) >= 11 is 5.66. The summed E-state index contributed by atoms with van der Waals surface area (Å²) in [5, 5.41) is 11.0. The fourth-order valence-corrected chi connectivity index (χ4v) is 5.48.